The van der Waals surface area contributed by atoms with E-state index in [-0.39, 0.29) is 22.3 Å². The number of alkyl halides is 6. The van der Waals surface area contributed by atoms with Crippen molar-refractivity contribution >= 4 is 17.6 Å². The summed E-state index contributed by atoms with van der Waals surface area (Å²) >= 11 is 0. The number of imidazole rings is 1. The lowest BCUT2D eigenvalue weighted by atomic mass is 10.1. The van der Waals surface area contributed by atoms with E-state index in [1.54, 1.807) is 0 Å². The van der Waals surface area contributed by atoms with Crippen LogP contribution in [-0.4, -0.2) is 26.8 Å². The molecule has 0 saturated carbocycles. The monoisotopic (exact) mass is 430 g/mol. The average Bonchev–Trinajstić information content (AvgIpc) is 2.99. The predicted octanol–water partition coefficient (Wildman–Crippen LogP) is 5.41. The minimum atomic E-state index is -4.86. The molecule has 0 saturated heterocycles. The Hall–Kier alpha value is -3.50. The Bertz CT molecular complexity index is 1130. The summed E-state index contributed by atoms with van der Waals surface area (Å²) in [5, 5.41) is 8.96. The SMILES string of the molecule is CC(=Cc1nc(C(F)(F)F)n2cc(-c3ccc(OC(F)(F)F)cc3)ccc12)C(=O)O. The van der Waals surface area contributed by atoms with Gasteiger partial charge in [0, 0.05) is 11.8 Å². The number of aliphatic carboxylic acids is 1. The minimum Gasteiger partial charge on any atom is -0.478 e. The zero-order valence-electron chi connectivity index (χ0n) is 15.0. The van der Waals surface area contributed by atoms with Gasteiger partial charge < -0.3 is 9.84 Å². The summed E-state index contributed by atoms with van der Waals surface area (Å²) < 4.78 is 81.6. The highest BCUT2D eigenvalue weighted by Gasteiger charge is 2.37. The molecule has 30 heavy (non-hydrogen) atoms. The van der Waals surface area contributed by atoms with Crippen LogP contribution in [0.3, 0.4) is 0 Å². The van der Waals surface area contributed by atoms with E-state index in [2.05, 4.69) is 9.72 Å². The van der Waals surface area contributed by atoms with E-state index in [0.29, 0.717) is 5.56 Å². The van der Waals surface area contributed by atoms with Gasteiger partial charge in [-0.2, -0.15) is 13.2 Å². The molecule has 0 amide bonds. The molecule has 0 aliphatic heterocycles. The number of aromatic nitrogens is 2. The molecular weight excluding hydrogens is 418 g/mol. The molecule has 11 heteroatoms. The highest BCUT2D eigenvalue weighted by molar-refractivity contribution is 5.92. The Balaban J connectivity index is 2.09. The maximum Gasteiger partial charge on any atom is 0.573 e. The van der Waals surface area contributed by atoms with Crippen LogP contribution < -0.4 is 4.74 Å². The van der Waals surface area contributed by atoms with Gasteiger partial charge >= 0.3 is 18.5 Å². The van der Waals surface area contributed by atoms with Gasteiger partial charge in [0.15, 0.2) is 0 Å². The first-order valence-corrected chi connectivity index (χ1v) is 8.22. The van der Waals surface area contributed by atoms with Crippen molar-refractivity contribution in [3.63, 3.8) is 0 Å². The zero-order valence-corrected chi connectivity index (χ0v) is 15.0. The summed E-state index contributed by atoms with van der Waals surface area (Å²) in [5.41, 5.74) is 0.251. The van der Waals surface area contributed by atoms with Crippen molar-refractivity contribution in [1.29, 1.82) is 0 Å². The van der Waals surface area contributed by atoms with Crippen LogP contribution in [0, 0.1) is 0 Å². The summed E-state index contributed by atoms with van der Waals surface area (Å²) in [4.78, 5) is 14.5. The maximum atomic E-state index is 13.4. The molecule has 0 atom stereocenters. The number of benzene rings is 1. The number of rotatable bonds is 4. The number of ether oxygens (including phenoxy) is 1. The van der Waals surface area contributed by atoms with Crippen LogP contribution >= 0.6 is 0 Å². The fourth-order valence-electron chi connectivity index (χ4n) is 2.70. The predicted molar refractivity (Wildman–Crippen MR) is 93.6 cm³/mol. The molecule has 3 aromatic rings. The van der Waals surface area contributed by atoms with Crippen LogP contribution in [0.4, 0.5) is 26.3 Å². The highest BCUT2D eigenvalue weighted by Crippen LogP contribution is 2.33. The number of carbonyl (C=O) groups is 1. The standard InChI is InChI=1S/C19H12F6N2O3/c1-10(16(28)29)8-14-15-7-4-12(9-27(15)17(26-14)18(20,21)22)11-2-5-13(6-3-11)30-19(23,24)25/h2-9H,1H3,(H,28,29). The Morgan fingerprint density at radius 3 is 2.17 bits per heavy atom. The molecule has 0 aliphatic rings. The van der Waals surface area contributed by atoms with Crippen LogP contribution in [-0.2, 0) is 11.0 Å². The fourth-order valence-corrected chi connectivity index (χ4v) is 2.70. The van der Waals surface area contributed by atoms with Gasteiger partial charge in [-0.25, -0.2) is 9.78 Å². The molecule has 0 unspecified atom stereocenters. The van der Waals surface area contributed by atoms with Crippen LogP contribution in [0.15, 0.2) is 48.2 Å². The average molecular weight is 430 g/mol. The van der Waals surface area contributed by atoms with E-state index in [9.17, 15) is 31.1 Å². The van der Waals surface area contributed by atoms with Crippen molar-refractivity contribution in [1.82, 2.24) is 9.38 Å². The molecule has 158 valence electrons. The largest absolute Gasteiger partial charge is 0.573 e. The van der Waals surface area contributed by atoms with Crippen molar-refractivity contribution < 1.29 is 41.0 Å². The third kappa shape index (κ3) is 4.56. The first kappa shape index (κ1) is 21.2. The first-order valence-electron chi connectivity index (χ1n) is 8.22. The van der Waals surface area contributed by atoms with Crippen molar-refractivity contribution in [3.05, 3.63) is 59.7 Å². The summed E-state index contributed by atoms with van der Waals surface area (Å²) in [6.45, 7) is 1.22. The van der Waals surface area contributed by atoms with Gasteiger partial charge in [0.05, 0.1) is 11.2 Å². The molecule has 0 spiro atoms. The maximum absolute atomic E-state index is 13.4. The number of hydrogen-bond donors (Lipinski definition) is 1. The topological polar surface area (TPSA) is 63.8 Å². The third-order valence-corrected chi connectivity index (χ3v) is 4.03. The second-order valence-corrected chi connectivity index (χ2v) is 6.20. The van der Waals surface area contributed by atoms with E-state index in [0.717, 1.165) is 28.8 Å². The van der Waals surface area contributed by atoms with Crippen LogP contribution in [0.5, 0.6) is 5.75 Å². The van der Waals surface area contributed by atoms with Gasteiger partial charge in [0.2, 0.25) is 5.82 Å². The fraction of sp³-hybridized carbons (Fsp3) is 0.158. The summed E-state index contributed by atoms with van der Waals surface area (Å²) in [6, 6.07) is 7.37. The molecule has 3 rings (SSSR count). The number of halogens is 6. The molecule has 0 bridgehead atoms. The second-order valence-electron chi connectivity index (χ2n) is 6.20. The number of carboxylic acid groups (broad SMARTS) is 1. The van der Waals surface area contributed by atoms with Gasteiger partial charge in [0.1, 0.15) is 5.75 Å². The Morgan fingerprint density at radius 2 is 1.63 bits per heavy atom. The molecular formula is C19H12F6N2O3. The lowest BCUT2D eigenvalue weighted by Gasteiger charge is -2.10. The van der Waals surface area contributed by atoms with Crippen LogP contribution in [0.2, 0.25) is 0 Å². The third-order valence-electron chi connectivity index (χ3n) is 4.03. The van der Waals surface area contributed by atoms with E-state index in [1.807, 2.05) is 0 Å². The quantitative estimate of drug-likeness (QED) is 0.444. The molecule has 5 nitrogen and oxygen atoms in total. The van der Waals surface area contributed by atoms with Crippen molar-refractivity contribution in [2.24, 2.45) is 0 Å². The van der Waals surface area contributed by atoms with E-state index < -0.39 is 30.1 Å². The molecule has 0 fully saturated rings. The minimum absolute atomic E-state index is 0.0173. The molecule has 2 heterocycles. The van der Waals surface area contributed by atoms with Crippen molar-refractivity contribution in [2.75, 3.05) is 0 Å². The number of nitrogens with zero attached hydrogens (tertiary/aromatic N) is 2. The molecule has 1 N–H and O–H groups in total. The summed E-state index contributed by atoms with van der Waals surface area (Å²) in [7, 11) is 0. The van der Waals surface area contributed by atoms with Gasteiger partial charge in [0.25, 0.3) is 0 Å². The number of pyridine rings is 1. The summed E-state index contributed by atoms with van der Waals surface area (Å²) in [6.07, 6.45) is -7.54. The highest BCUT2D eigenvalue weighted by atomic mass is 19.4. The lowest BCUT2D eigenvalue weighted by molar-refractivity contribution is -0.274. The number of carboxylic acids is 1. The number of fused-ring (bicyclic) bond motifs is 1. The second kappa shape index (κ2) is 7.39. The van der Waals surface area contributed by atoms with Crippen molar-refractivity contribution in [3.8, 4) is 16.9 Å². The van der Waals surface area contributed by atoms with Gasteiger partial charge in [-0.1, -0.05) is 18.2 Å². The van der Waals surface area contributed by atoms with E-state index in [1.165, 1.54) is 31.2 Å². The molecule has 0 aliphatic carbocycles. The van der Waals surface area contributed by atoms with Crippen molar-refractivity contribution in [2.45, 2.75) is 19.5 Å². The van der Waals surface area contributed by atoms with E-state index in [4.69, 9.17) is 5.11 Å². The first-order chi connectivity index (χ1) is 13.8. The Morgan fingerprint density at radius 1 is 1.03 bits per heavy atom. The Kier molecular flexibility index (Phi) is 5.23. The van der Waals surface area contributed by atoms with Gasteiger partial charge in [-0.3, -0.25) is 4.40 Å². The lowest BCUT2D eigenvalue weighted by Crippen LogP contribution is -2.16. The smallest absolute Gasteiger partial charge is 0.478 e. The zero-order chi connectivity index (χ0) is 22.3. The normalized spacial score (nSPS) is 13.0. The van der Waals surface area contributed by atoms with Crippen LogP contribution in [0.1, 0.15) is 18.4 Å². The van der Waals surface area contributed by atoms with E-state index >= 15 is 0 Å². The Labute approximate surface area is 164 Å². The number of hydrogen-bond acceptors (Lipinski definition) is 3. The molecule has 2 aromatic heterocycles. The molecule has 1 aromatic carbocycles. The summed E-state index contributed by atoms with van der Waals surface area (Å²) in [5.74, 6) is -3.04. The van der Waals surface area contributed by atoms with Crippen LogP contribution in [0.25, 0.3) is 22.7 Å². The molecule has 0 radical (unpaired) electrons. The van der Waals surface area contributed by atoms with Gasteiger partial charge in [-0.05, 0) is 42.3 Å². The van der Waals surface area contributed by atoms with Gasteiger partial charge in [-0.15, -0.1) is 13.2 Å².